The largest absolute Gasteiger partial charge is 0.455 e. The molecule has 1 heterocycles. The zero-order valence-electron chi connectivity index (χ0n) is 14.7. The van der Waals surface area contributed by atoms with Crippen LogP contribution < -0.4 is 15.0 Å². The highest BCUT2D eigenvalue weighted by molar-refractivity contribution is 6.30. The van der Waals surface area contributed by atoms with E-state index in [9.17, 15) is 9.18 Å². The molecule has 3 rings (SSSR count). The second kappa shape index (κ2) is 8.05. The molecule has 1 N–H and O–H groups in total. The van der Waals surface area contributed by atoms with E-state index in [1.807, 2.05) is 6.07 Å². The molecule has 27 heavy (non-hydrogen) atoms. The van der Waals surface area contributed by atoms with Crippen molar-refractivity contribution in [2.75, 3.05) is 24.3 Å². The Morgan fingerprint density at radius 2 is 1.85 bits per heavy atom. The van der Waals surface area contributed by atoms with Gasteiger partial charge in [0.1, 0.15) is 22.4 Å². The van der Waals surface area contributed by atoms with E-state index < -0.39 is 11.7 Å². The van der Waals surface area contributed by atoms with Crippen molar-refractivity contribution >= 4 is 29.0 Å². The SMILES string of the molecule is CN(C)c1cc(C(=O)Nc2c(F)cccc2Oc2ccccc2)cc(Cl)n1. The molecule has 138 valence electrons. The highest BCUT2D eigenvalue weighted by Gasteiger charge is 2.17. The predicted octanol–water partition coefficient (Wildman–Crippen LogP) is 4.98. The Labute approximate surface area is 161 Å². The Morgan fingerprint density at radius 1 is 1.11 bits per heavy atom. The molecule has 0 aliphatic rings. The Kier molecular flexibility index (Phi) is 5.57. The molecular formula is C20H17ClFN3O2. The molecule has 3 aromatic rings. The third kappa shape index (κ3) is 4.54. The summed E-state index contributed by atoms with van der Waals surface area (Å²) in [5.41, 5.74) is 0.207. The molecule has 0 unspecified atom stereocenters. The fourth-order valence-electron chi connectivity index (χ4n) is 2.36. The lowest BCUT2D eigenvalue weighted by Gasteiger charge is -2.15. The van der Waals surface area contributed by atoms with Gasteiger partial charge in [-0.25, -0.2) is 9.37 Å². The van der Waals surface area contributed by atoms with E-state index in [-0.39, 0.29) is 22.2 Å². The van der Waals surface area contributed by atoms with Crippen LogP contribution in [0.5, 0.6) is 11.5 Å². The number of benzene rings is 2. The van der Waals surface area contributed by atoms with Crippen LogP contribution in [0, 0.1) is 5.82 Å². The zero-order valence-corrected chi connectivity index (χ0v) is 15.5. The Hall–Kier alpha value is -3.12. The van der Waals surface area contributed by atoms with E-state index in [0.717, 1.165) is 0 Å². The summed E-state index contributed by atoms with van der Waals surface area (Å²) in [6, 6.07) is 16.2. The predicted molar refractivity (Wildman–Crippen MR) is 104 cm³/mol. The van der Waals surface area contributed by atoms with Crippen LogP contribution in [0.4, 0.5) is 15.9 Å². The maximum atomic E-state index is 14.4. The molecule has 1 amide bonds. The average Bonchev–Trinajstić information content (AvgIpc) is 2.64. The summed E-state index contributed by atoms with van der Waals surface area (Å²) in [5.74, 6) is 0.111. The van der Waals surface area contributed by atoms with Gasteiger partial charge in [-0.1, -0.05) is 35.9 Å². The molecule has 2 aromatic carbocycles. The van der Waals surface area contributed by atoms with Gasteiger partial charge >= 0.3 is 0 Å². The molecule has 0 bridgehead atoms. The van der Waals surface area contributed by atoms with Gasteiger partial charge in [0.05, 0.1) is 0 Å². The molecule has 0 atom stereocenters. The topological polar surface area (TPSA) is 54.5 Å². The van der Waals surface area contributed by atoms with E-state index in [2.05, 4.69) is 10.3 Å². The van der Waals surface area contributed by atoms with Crippen LogP contribution in [-0.4, -0.2) is 25.0 Å². The van der Waals surface area contributed by atoms with Crippen molar-refractivity contribution in [3.63, 3.8) is 0 Å². The molecule has 1 aromatic heterocycles. The minimum absolute atomic E-state index is 0.0503. The first-order chi connectivity index (χ1) is 12.9. The van der Waals surface area contributed by atoms with Gasteiger partial charge in [-0.15, -0.1) is 0 Å². The minimum Gasteiger partial charge on any atom is -0.455 e. The summed E-state index contributed by atoms with van der Waals surface area (Å²) in [6.45, 7) is 0. The minimum atomic E-state index is -0.607. The third-order valence-electron chi connectivity index (χ3n) is 3.69. The van der Waals surface area contributed by atoms with Crippen LogP contribution in [0.3, 0.4) is 0 Å². The van der Waals surface area contributed by atoms with Gasteiger partial charge in [-0.3, -0.25) is 4.79 Å². The summed E-state index contributed by atoms with van der Waals surface area (Å²) >= 11 is 5.99. The molecule has 0 saturated carbocycles. The van der Waals surface area contributed by atoms with E-state index in [0.29, 0.717) is 11.6 Å². The summed E-state index contributed by atoms with van der Waals surface area (Å²) in [5, 5.41) is 2.73. The van der Waals surface area contributed by atoms with Gasteiger partial charge in [0.15, 0.2) is 11.6 Å². The monoisotopic (exact) mass is 385 g/mol. The highest BCUT2D eigenvalue weighted by Crippen LogP contribution is 2.32. The number of rotatable bonds is 5. The fourth-order valence-corrected chi connectivity index (χ4v) is 2.56. The van der Waals surface area contributed by atoms with Gasteiger partial charge in [-0.2, -0.15) is 0 Å². The summed E-state index contributed by atoms with van der Waals surface area (Å²) in [7, 11) is 3.56. The summed E-state index contributed by atoms with van der Waals surface area (Å²) < 4.78 is 20.1. The lowest BCUT2D eigenvalue weighted by molar-refractivity contribution is 0.102. The molecule has 0 saturated heterocycles. The zero-order chi connectivity index (χ0) is 19.4. The normalized spacial score (nSPS) is 10.4. The van der Waals surface area contributed by atoms with Crippen molar-refractivity contribution in [1.29, 1.82) is 0 Å². The molecule has 5 nitrogen and oxygen atoms in total. The first-order valence-corrected chi connectivity index (χ1v) is 8.49. The number of carbonyl (C=O) groups excluding carboxylic acids is 1. The first kappa shape index (κ1) is 18.7. The molecule has 0 fully saturated rings. The number of nitrogens with zero attached hydrogens (tertiary/aromatic N) is 2. The lowest BCUT2D eigenvalue weighted by Crippen LogP contribution is -2.16. The van der Waals surface area contributed by atoms with Crippen LogP contribution >= 0.6 is 11.6 Å². The molecule has 0 spiro atoms. The third-order valence-corrected chi connectivity index (χ3v) is 3.88. The molecule has 7 heteroatoms. The Morgan fingerprint density at radius 3 is 2.56 bits per heavy atom. The highest BCUT2D eigenvalue weighted by atomic mass is 35.5. The first-order valence-electron chi connectivity index (χ1n) is 8.11. The van der Waals surface area contributed by atoms with Crippen LogP contribution in [0.15, 0.2) is 60.7 Å². The van der Waals surface area contributed by atoms with Gasteiger partial charge in [0, 0.05) is 19.7 Å². The Bertz CT molecular complexity index is 965. The van der Waals surface area contributed by atoms with Crippen molar-refractivity contribution in [3.05, 3.63) is 77.2 Å². The number of aromatic nitrogens is 1. The van der Waals surface area contributed by atoms with Crippen molar-refractivity contribution in [1.82, 2.24) is 4.98 Å². The molecular weight excluding hydrogens is 369 g/mol. The lowest BCUT2D eigenvalue weighted by atomic mass is 10.2. The number of anilines is 2. The number of amides is 1. The van der Waals surface area contributed by atoms with Gasteiger partial charge in [-0.05, 0) is 36.4 Å². The van der Waals surface area contributed by atoms with Crippen molar-refractivity contribution < 1.29 is 13.9 Å². The van der Waals surface area contributed by atoms with Crippen LogP contribution in [0.25, 0.3) is 0 Å². The molecule has 0 aliphatic heterocycles. The van der Waals surface area contributed by atoms with E-state index in [1.165, 1.54) is 18.2 Å². The molecule has 0 aliphatic carbocycles. The maximum absolute atomic E-state index is 14.4. The number of carbonyl (C=O) groups is 1. The van der Waals surface area contributed by atoms with Crippen LogP contribution in [0.2, 0.25) is 5.15 Å². The number of hydrogen-bond donors (Lipinski definition) is 1. The summed E-state index contributed by atoms with van der Waals surface area (Å²) in [4.78, 5) is 18.5. The number of halogens is 2. The quantitative estimate of drug-likeness (QED) is 0.629. The molecule has 0 radical (unpaired) electrons. The Balaban J connectivity index is 1.90. The second-order valence-corrected chi connectivity index (χ2v) is 6.30. The standard InChI is InChI=1S/C20H17ClFN3O2/c1-25(2)18-12-13(11-17(21)23-18)20(26)24-19-15(22)9-6-10-16(19)27-14-7-4-3-5-8-14/h3-12H,1-2H3,(H,24,26). The fraction of sp³-hybridized carbons (Fsp3) is 0.100. The summed E-state index contributed by atoms with van der Waals surface area (Å²) in [6.07, 6.45) is 0. The number of para-hydroxylation sites is 2. The number of hydrogen-bond acceptors (Lipinski definition) is 4. The number of nitrogens with one attached hydrogen (secondary N) is 1. The second-order valence-electron chi connectivity index (χ2n) is 5.91. The van der Waals surface area contributed by atoms with E-state index in [1.54, 1.807) is 55.4 Å². The van der Waals surface area contributed by atoms with Crippen LogP contribution in [-0.2, 0) is 0 Å². The van der Waals surface area contributed by atoms with Crippen LogP contribution in [0.1, 0.15) is 10.4 Å². The van der Waals surface area contributed by atoms with E-state index in [4.69, 9.17) is 16.3 Å². The van der Waals surface area contributed by atoms with E-state index >= 15 is 0 Å². The van der Waals surface area contributed by atoms with Gasteiger partial charge < -0.3 is 15.0 Å². The van der Waals surface area contributed by atoms with Crippen molar-refractivity contribution in [2.45, 2.75) is 0 Å². The van der Waals surface area contributed by atoms with Gasteiger partial charge in [0.2, 0.25) is 0 Å². The van der Waals surface area contributed by atoms with Crippen molar-refractivity contribution in [3.8, 4) is 11.5 Å². The van der Waals surface area contributed by atoms with Gasteiger partial charge in [0.25, 0.3) is 5.91 Å². The maximum Gasteiger partial charge on any atom is 0.256 e. The van der Waals surface area contributed by atoms with Crippen molar-refractivity contribution in [2.24, 2.45) is 0 Å². The number of pyridine rings is 1. The smallest absolute Gasteiger partial charge is 0.256 e. The average molecular weight is 386 g/mol. The number of ether oxygens (including phenoxy) is 1.